The number of nitrogens with zero attached hydrogens (tertiary/aromatic N) is 2. The van der Waals surface area contributed by atoms with Crippen molar-refractivity contribution in [1.82, 2.24) is 10.2 Å². The minimum absolute atomic E-state index is 0.0259. The number of hydrogen-bond donors (Lipinski definition) is 1. The van der Waals surface area contributed by atoms with Crippen molar-refractivity contribution in [2.45, 2.75) is 58.8 Å². The van der Waals surface area contributed by atoms with Gasteiger partial charge in [0.05, 0.1) is 17.5 Å². The largest absolute Gasteiger partial charge is 0.416 e. The van der Waals surface area contributed by atoms with E-state index in [2.05, 4.69) is 5.32 Å². The van der Waals surface area contributed by atoms with Gasteiger partial charge in [0.2, 0.25) is 21.8 Å². The maximum Gasteiger partial charge on any atom is 0.416 e. The Hall–Kier alpha value is -3.86. The maximum atomic E-state index is 13.9. The highest BCUT2D eigenvalue weighted by atomic mass is 32.2. The summed E-state index contributed by atoms with van der Waals surface area (Å²) >= 11 is 0. The number of aryl methyl sites for hydroxylation is 1. The van der Waals surface area contributed by atoms with Crippen molar-refractivity contribution in [1.29, 1.82) is 0 Å². The van der Waals surface area contributed by atoms with E-state index in [4.69, 9.17) is 0 Å². The van der Waals surface area contributed by atoms with E-state index in [-0.39, 0.29) is 55.8 Å². The van der Waals surface area contributed by atoms with Crippen molar-refractivity contribution in [2.24, 2.45) is 5.92 Å². The zero-order chi connectivity index (χ0) is 32.5. The molecular formula is C33H40F3N3O4S. The van der Waals surface area contributed by atoms with E-state index in [1.54, 1.807) is 0 Å². The van der Waals surface area contributed by atoms with Crippen LogP contribution in [0.4, 0.5) is 18.9 Å². The Kier molecular flexibility index (Phi) is 12.0. The van der Waals surface area contributed by atoms with E-state index in [1.165, 1.54) is 11.0 Å². The molecule has 0 heterocycles. The molecule has 11 heteroatoms. The maximum absolute atomic E-state index is 13.9. The lowest BCUT2D eigenvalue weighted by Gasteiger charge is -2.32. The second kappa shape index (κ2) is 15.2. The molecule has 1 N–H and O–H groups in total. The fourth-order valence-corrected chi connectivity index (χ4v) is 5.75. The first-order valence-electron chi connectivity index (χ1n) is 14.5. The summed E-state index contributed by atoms with van der Waals surface area (Å²) in [6.45, 7) is 6.23. The number of nitrogens with one attached hydrogen (secondary N) is 1. The predicted octanol–water partition coefficient (Wildman–Crippen LogP) is 5.97. The highest BCUT2D eigenvalue weighted by Gasteiger charge is 2.33. The van der Waals surface area contributed by atoms with Gasteiger partial charge in [0.15, 0.2) is 0 Å². The first kappa shape index (κ1) is 34.6. The lowest BCUT2D eigenvalue weighted by molar-refractivity contribution is -0.141. The van der Waals surface area contributed by atoms with E-state index < -0.39 is 27.8 Å². The number of rotatable bonds is 14. The summed E-state index contributed by atoms with van der Waals surface area (Å²) in [5.41, 5.74) is 1.56. The van der Waals surface area contributed by atoms with Crippen LogP contribution in [0.2, 0.25) is 0 Å². The molecule has 3 aromatic carbocycles. The number of carbonyl (C=O) groups is 2. The van der Waals surface area contributed by atoms with E-state index in [0.29, 0.717) is 6.54 Å². The molecule has 44 heavy (non-hydrogen) atoms. The minimum Gasteiger partial charge on any atom is -0.354 e. The average Bonchev–Trinajstić information content (AvgIpc) is 2.96. The molecule has 0 bridgehead atoms. The number of benzene rings is 3. The summed E-state index contributed by atoms with van der Waals surface area (Å²) in [5.74, 6) is -0.479. The normalized spacial score (nSPS) is 12.5. The number of amides is 2. The highest BCUT2D eigenvalue weighted by molar-refractivity contribution is 7.92. The van der Waals surface area contributed by atoms with E-state index >= 15 is 0 Å². The molecule has 0 aromatic heterocycles. The van der Waals surface area contributed by atoms with Gasteiger partial charge >= 0.3 is 6.18 Å². The molecule has 0 aliphatic carbocycles. The van der Waals surface area contributed by atoms with Crippen LogP contribution in [0.5, 0.6) is 0 Å². The fourth-order valence-electron chi connectivity index (χ4n) is 4.79. The number of alkyl halides is 3. The van der Waals surface area contributed by atoms with Crippen LogP contribution < -0.4 is 9.62 Å². The second-order valence-corrected chi connectivity index (χ2v) is 13.2. The molecule has 0 aliphatic heterocycles. The van der Waals surface area contributed by atoms with Gasteiger partial charge in [-0.25, -0.2) is 8.42 Å². The van der Waals surface area contributed by atoms with Gasteiger partial charge in [-0.15, -0.1) is 0 Å². The number of halogens is 3. The van der Waals surface area contributed by atoms with Gasteiger partial charge in [0.1, 0.15) is 6.04 Å². The third kappa shape index (κ3) is 10.1. The van der Waals surface area contributed by atoms with Crippen LogP contribution in [-0.4, -0.2) is 50.5 Å². The van der Waals surface area contributed by atoms with Crippen LogP contribution in [0.3, 0.4) is 0 Å². The average molecular weight is 632 g/mol. The van der Waals surface area contributed by atoms with Gasteiger partial charge in [0, 0.05) is 32.5 Å². The quantitative estimate of drug-likeness (QED) is 0.238. The number of hydrogen-bond acceptors (Lipinski definition) is 4. The number of carbonyl (C=O) groups excluding carboxylic acids is 2. The number of sulfonamides is 1. The van der Waals surface area contributed by atoms with Crippen molar-refractivity contribution < 1.29 is 31.2 Å². The highest BCUT2D eigenvalue weighted by Crippen LogP contribution is 2.32. The number of anilines is 1. The molecule has 3 aromatic rings. The lowest BCUT2D eigenvalue weighted by atomic mass is 10.0. The lowest BCUT2D eigenvalue weighted by Crippen LogP contribution is -2.51. The Bertz CT molecular complexity index is 1510. The van der Waals surface area contributed by atoms with Crippen molar-refractivity contribution in [3.63, 3.8) is 0 Å². The molecule has 238 valence electrons. The van der Waals surface area contributed by atoms with Gasteiger partial charge in [-0.3, -0.25) is 13.9 Å². The molecule has 0 radical (unpaired) electrons. The van der Waals surface area contributed by atoms with Gasteiger partial charge in [-0.05, 0) is 54.2 Å². The topological polar surface area (TPSA) is 86.8 Å². The van der Waals surface area contributed by atoms with Gasteiger partial charge in [-0.1, -0.05) is 74.5 Å². The van der Waals surface area contributed by atoms with Crippen molar-refractivity contribution in [3.8, 4) is 0 Å². The van der Waals surface area contributed by atoms with E-state index in [9.17, 15) is 31.2 Å². The predicted molar refractivity (Wildman–Crippen MR) is 166 cm³/mol. The smallest absolute Gasteiger partial charge is 0.354 e. The van der Waals surface area contributed by atoms with Crippen LogP contribution in [0.15, 0.2) is 78.9 Å². The zero-order valence-corrected chi connectivity index (χ0v) is 26.3. The Morgan fingerprint density at radius 2 is 1.59 bits per heavy atom. The first-order valence-corrected chi connectivity index (χ1v) is 16.3. The molecule has 0 aliphatic rings. The van der Waals surface area contributed by atoms with E-state index in [0.717, 1.165) is 45.5 Å². The Morgan fingerprint density at radius 3 is 2.20 bits per heavy atom. The second-order valence-electron chi connectivity index (χ2n) is 11.3. The molecule has 0 unspecified atom stereocenters. The van der Waals surface area contributed by atoms with Crippen LogP contribution in [-0.2, 0) is 38.8 Å². The SMILES string of the molecule is Cc1ccccc1CN(C(=O)CCCN(c1cccc(C(F)(F)F)c1)S(C)(=O)=O)[C@H](Cc1ccccc1)C(=O)NCC(C)C. The Labute approximate surface area is 258 Å². The first-order chi connectivity index (χ1) is 20.7. The summed E-state index contributed by atoms with van der Waals surface area (Å²) in [4.78, 5) is 29.0. The van der Waals surface area contributed by atoms with Crippen molar-refractivity contribution >= 4 is 27.5 Å². The molecule has 7 nitrogen and oxygen atoms in total. The summed E-state index contributed by atoms with van der Waals surface area (Å²) in [7, 11) is -3.96. The Morgan fingerprint density at radius 1 is 0.932 bits per heavy atom. The Balaban J connectivity index is 1.90. The monoisotopic (exact) mass is 631 g/mol. The van der Waals surface area contributed by atoms with Crippen LogP contribution in [0.1, 0.15) is 48.9 Å². The van der Waals surface area contributed by atoms with Gasteiger partial charge in [-0.2, -0.15) is 13.2 Å². The van der Waals surface area contributed by atoms with Crippen LogP contribution in [0, 0.1) is 12.8 Å². The van der Waals surface area contributed by atoms with Crippen LogP contribution >= 0.6 is 0 Å². The molecular weight excluding hydrogens is 591 g/mol. The fraction of sp³-hybridized carbons (Fsp3) is 0.394. The molecule has 0 saturated heterocycles. The molecule has 0 saturated carbocycles. The summed E-state index contributed by atoms with van der Waals surface area (Å²) in [5, 5.41) is 2.96. The molecule has 3 rings (SSSR count). The molecule has 2 amide bonds. The third-order valence-corrected chi connectivity index (χ3v) is 8.37. The summed E-state index contributed by atoms with van der Waals surface area (Å²) in [6.07, 6.45) is -3.57. The summed E-state index contributed by atoms with van der Waals surface area (Å²) in [6, 6.07) is 20.1. The molecule has 0 fully saturated rings. The van der Waals surface area contributed by atoms with Crippen molar-refractivity contribution in [2.75, 3.05) is 23.7 Å². The molecule has 1 atom stereocenters. The van der Waals surface area contributed by atoms with E-state index in [1.807, 2.05) is 75.4 Å². The molecule has 0 spiro atoms. The third-order valence-electron chi connectivity index (χ3n) is 7.17. The minimum atomic E-state index is -4.64. The van der Waals surface area contributed by atoms with Gasteiger partial charge < -0.3 is 10.2 Å². The van der Waals surface area contributed by atoms with Crippen molar-refractivity contribution in [3.05, 3.63) is 101 Å². The summed E-state index contributed by atoms with van der Waals surface area (Å²) < 4.78 is 66.1. The van der Waals surface area contributed by atoms with Crippen LogP contribution in [0.25, 0.3) is 0 Å². The standard InChI is InChI=1S/C33H40F3N3O4S/c1-24(2)22-37-32(41)30(20-26-13-6-5-7-14-26)38(23-27-15-9-8-12-25(27)3)31(40)18-11-19-39(44(4,42)43)29-17-10-16-28(21-29)33(34,35)36/h5-10,12-17,21,24,30H,11,18-20,22-23H2,1-4H3,(H,37,41)/t30-/m1/s1. The van der Waals surface area contributed by atoms with Gasteiger partial charge in [0.25, 0.3) is 0 Å². The zero-order valence-electron chi connectivity index (χ0n) is 25.5.